The largest absolute Gasteiger partial charge is 0.476 e. The lowest BCUT2D eigenvalue weighted by Crippen LogP contribution is -2.43. The molecule has 8 nitrogen and oxygen atoms in total. The van der Waals surface area contributed by atoms with E-state index in [0.717, 1.165) is 36.7 Å². The molecule has 0 radical (unpaired) electrons. The molecule has 0 unspecified atom stereocenters. The van der Waals surface area contributed by atoms with Gasteiger partial charge < -0.3 is 20.2 Å². The van der Waals surface area contributed by atoms with Gasteiger partial charge in [0.05, 0.1) is 0 Å². The molecule has 2 aromatic rings. The van der Waals surface area contributed by atoms with Crippen LogP contribution in [0.4, 0.5) is 5.69 Å². The lowest BCUT2D eigenvalue weighted by Gasteiger charge is -2.29. The van der Waals surface area contributed by atoms with Crippen molar-refractivity contribution in [1.82, 2.24) is 20.5 Å². The molecule has 1 aliphatic heterocycles. The summed E-state index contributed by atoms with van der Waals surface area (Å²) in [6, 6.07) is 7.57. The van der Waals surface area contributed by atoms with Gasteiger partial charge in [-0.15, -0.1) is 5.10 Å². The number of anilines is 1. The van der Waals surface area contributed by atoms with Gasteiger partial charge in [-0.2, -0.15) is 0 Å². The summed E-state index contributed by atoms with van der Waals surface area (Å²) in [4.78, 5) is 19.4. The fourth-order valence-electron chi connectivity index (χ4n) is 2.14. The van der Waals surface area contributed by atoms with Crippen LogP contribution in [0.15, 0.2) is 30.5 Å². The van der Waals surface area contributed by atoms with Gasteiger partial charge in [0.25, 0.3) is 0 Å². The Morgan fingerprint density at radius 1 is 1.24 bits per heavy atom. The Labute approximate surface area is 120 Å². The first-order valence-electron chi connectivity index (χ1n) is 6.62. The molecule has 1 fully saturated rings. The second-order valence-corrected chi connectivity index (χ2v) is 4.63. The van der Waals surface area contributed by atoms with E-state index in [9.17, 15) is 4.79 Å². The number of nitrogens with zero attached hydrogens (tertiary/aromatic N) is 4. The monoisotopic (exact) mass is 289 g/mol. The summed E-state index contributed by atoms with van der Waals surface area (Å²) in [5.74, 6) is -0.574. The first-order chi connectivity index (χ1) is 10.2. The summed E-state index contributed by atoms with van der Waals surface area (Å²) in [6.07, 6.45) is 1.21. The molecule has 8 heteroatoms. The third kappa shape index (κ3) is 3.11. The van der Waals surface area contributed by atoms with Crippen molar-refractivity contribution in [2.45, 2.75) is 0 Å². The number of carboxylic acids is 1. The first kappa shape index (κ1) is 13.4. The Balaban J connectivity index is 1.67. The quantitative estimate of drug-likeness (QED) is 0.832. The summed E-state index contributed by atoms with van der Waals surface area (Å²) in [5.41, 5.74) is 0.973. The van der Waals surface area contributed by atoms with E-state index < -0.39 is 5.97 Å². The lowest BCUT2D eigenvalue weighted by atomic mass is 10.2. The van der Waals surface area contributed by atoms with Crippen LogP contribution in [0.2, 0.25) is 0 Å². The van der Waals surface area contributed by atoms with E-state index in [1.165, 1.54) is 6.20 Å². The van der Waals surface area contributed by atoms with Gasteiger partial charge in [-0.05, 0) is 29.5 Å². The first-order valence-corrected chi connectivity index (χ1v) is 6.62. The van der Waals surface area contributed by atoms with Gasteiger partial charge in [0.2, 0.25) is 0 Å². The number of piperazine rings is 1. The Morgan fingerprint density at radius 3 is 2.57 bits per heavy atom. The second-order valence-electron chi connectivity index (χ2n) is 4.63. The standard InChI is InChI=1S/C13H15N5O3/c19-13(20)12-9-18(16-15-12)21-11-3-1-10(2-4-11)17-7-5-14-6-8-17/h1-4,9,14H,5-8H2,(H,19,20). The van der Waals surface area contributed by atoms with Crippen molar-refractivity contribution in [1.29, 1.82) is 0 Å². The molecule has 3 rings (SSSR count). The number of carboxylic acid groups (broad SMARTS) is 1. The van der Waals surface area contributed by atoms with Gasteiger partial charge in [0.15, 0.2) is 11.4 Å². The highest BCUT2D eigenvalue weighted by Gasteiger charge is 2.11. The van der Waals surface area contributed by atoms with Crippen molar-refractivity contribution >= 4 is 11.7 Å². The van der Waals surface area contributed by atoms with Crippen molar-refractivity contribution in [2.75, 3.05) is 31.1 Å². The van der Waals surface area contributed by atoms with Crippen molar-refractivity contribution < 1.29 is 14.7 Å². The molecular weight excluding hydrogens is 274 g/mol. The van der Waals surface area contributed by atoms with Gasteiger partial charge in [-0.1, -0.05) is 4.85 Å². The number of aromatic nitrogens is 3. The average Bonchev–Trinajstić information content (AvgIpc) is 2.98. The summed E-state index contributed by atoms with van der Waals surface area (Å²) in [7, 11) is 0. The zero-order valence-corrected chi connectivity index (χ0v) is 11.3. The number of hydrogen-bond acceptors (Lipinski definition) is 6. The van der Waals surface area contributed by atoms with E-state index in [-0.39, 0.29) is 5.69 Å². The summed E-state index contributed by atoms with van der Waals surface area (Å²) < 4.78 is 0. The van der Waals surface area contributed by atoms with Crippen molar-refractivity contribution in [3.05, 3.63) is 36.2 Å². The topological polar surface area (TPSA) is 92.5 Å². The summed E-state index contributed by atoms with van der Waals surface area (Å²) in [5, 5.41) is 19.1. The molecule has 110 valence electrons. The fraction of sp³-hybridized carbons (Fsp3) is 0.308. The smallest absolute Gasteiger partial charge is 0.358 e. The van der Waals surface area contributed by atoms with Gasteiger partial charge in [-0.25, -0.2) is 4.79 Å². The van der Waals surface area contributed by atoms with Crippen LogP contribution < -0.4 is 15.1 Å². The van der Waals surface area contributed by atoms with Gasteiger partial charge in [0, 0.05) is 31.9 Å². The SMILES string of the molecule is O=C(O)c1cn(Oc2ccc(N3CCNCC3)cc2)nn1. The predicted molar refractivity (Wildman–Crippen MR) is 74.5 cm³/mol. The molecule has 1 aromatic carbocycles. The molecule has 0 atom stereocenters. The van der Waals surface area contributed by atoms with Crippen LogP contribution in [-0.2, 0) is 0 Å². The second kappa shape index (κ2) is 5.80. The van der Waals surface area contributed by atoms with E-state index in [2.05, 4.69) is 20.5 Å². The van der Waals surface area contributed by atoms with E-state index in [0.29, 0.717) is 5.75 Å². The maximum absolute atomic E-state index is 10.7. The molecule has 0 aliphatic carbocycles. The zero-order valence-electron chi connectivity index (χ0n) is 11.3. The van der Waals surface area contributed by atoms with Crippen molar-refractivity contribution in [3.8, 4) is 5.75 Å². The van der Waals surface area contributed by atoms with Crippen LogP contribution in [-0.4, -0.2) is 52.4 Å². The molecule has 2 N–H and O–H groups in total. The van der Waals surface area contributed by atoms with Crippen molar-refractivity contribution in [2.24, 2.45) is 0 Å². The third-order valence-electron chi connectivity index (χ3n) is 3.21. The Bertz CT molecular complexity index is 619. The maximum atomic E-state index is 10.7. The molecule has 0 amide bonds. The summed E-state index contributed by atoms with van der Waals surface area (Å²) in [6.45, 7) is 3.92. The van der Waals surface area contributed by atoms with E-state index in [4.69, 9.17) is 9.94 Å². The highest BCUT2D eigenvalue weighted by Crippen LogP contribution is 2.19. The lowest BCUT2D eigenvalue weighted by molar-refractivity contribution is 0.0690. The van der Waals surface area contributed by atoms with Gasteiger partial charge >= 0.3 is 5.97 Å². The number of aromatic carboxylic acids is 1. The molecular formula is C13H15N5O3. The molecule has 0 bridgehead atoms. The minimum atomic E-state index is -1.14. The molecule has 1 aromatic heterocycles. The number of hydrogen-bond donors (Lipinski definition) is 2. The minimum Gasteiger partial charge on any atom is -0.476 e. The summed E-state index contributed by atoms with van der Waals surface area (Å²) >= 11 is 0. The van der Waals surface area contributed by atoms with Crippen LogP contribution >= 0.6 is 0 Å². The number of nitrogens with one attached hydrogen (secondary N) is 1. The van der Waals surface area contributed by atoms with Crippen LogP contribution in [0.1, 0.15) is 10.5 Å². The molecule has 1 saturated heterocycles. The number of benzene rings is 1. The van der Waals surface area contributed by atoms with E-state index >= 15 is 0 Å². The average molecular weight is 289 g/mol. The Hall–Kier alpha value is -2.61. The van der Waals surface area contributed by atoms with Crippen LogP contribution in [0, 0.1) is 0 Å². The van der Waals surface area contributed by atoms with Crippen LogP contribution in [0.5, 0.6) is 5.75 Å². The molecule has 2 heterocycles. The molecule has 0 spiro atoms. The molecule has 1 aliphatic rings. The Morgan fingerprint density at radius 2 is 1.95 bits per heavy atom. The zero-order chi connectivity index (χ0) is 14.7. The predicted octanol–water partition coefficient (Wildman–Crippen LogP) is 0.228. The number of rotatable bonds is 4. The highest BCUT2D eigenvalue weighted by atomic mass is 16.7. The van der Waals surface area contributed by atoms with Gasteiger partial charge in [-0.3, -0.25) is 0 Å². The maximum Gasteiger partial charge on any atom is 0.358 e. The number of carbonyl (C=O) groups is 1. The molecule has 21 heavy (non-hydrogen) atoms. The highest BCUT2D eigenvalue weighted by molar-refractivity contribution is 5.84. The molecule has 0 saturated carbocycles. The fourth-order valence-corrected chi connectivity index (χ4v) is 2.14. The van der Waals surface area contributed by atoms with Gasteiger partial charge in [0.1, 0.15) is 6.20 Å². The van der Waals surface area contributed by atoms with Crippen LogP contribution in [0.3, 0.4) is 0 Å². The van der Waals surface area contributed by atoms with E-state index in [1.807, 2.05) is 24.3 Å². The third-order valence-corrected chi connectivity index (χ3v) is 3.21. The van der Waals surface area contributed by atoms with Crippen LogP contribution in [0.25, 0.3) is 0 Å². The minimum absolute atomic E-state index is 0.160. The van der Waals surface area contributed by atoms with Crippen molar-refractivity contribution in [3.63, 3.8) is 0 Å². The normalized spacial score (nSPS) is 15.0. The van der Waals surface area contributed by atoms with E-state index in [1.54, 1.807) is 0 Å². The Kier molecular flexibility index (Phi) is 3.69.